The van der Waals surface area contributed by atoms with E-state index in [1.165, 1.54) is 11.3 Å². The SMILES string of the molecule is CCc1nc(Cn2nnc(C(=O)O)c2C(F)F)cs1. The van der Waals surface area contributed by atoms with Crippen molar-refractivity contribution in [3.05, 3.63) is 27.5 Å². The van der Waals surface area contributed by atoms with Crippen molar-refractivity contribution in [2.45, 2.75) is 26.3 Å². The van der Waals surface area contributed by atoms with Gasteiger partial charge in [-0.25, -0.2) is 23.2 Å². The van der Waals surface area contributed by atoms with Crippen LogP contribution in [0.5, 0.6) is 0 Å². The van der Waals surface area contributed by atoms with Crippen LogP contribution in [0.3, 0.4) is 0 Å². The number of aryl methyl sites for hydroxylation is 1. The third-order valence-corrected chi connectivity index (χ3v) is 3.44. The molecule has 0 aliphatic carbocycles. The Morgan fingerprint density at radius 2 is 2.32 bits per heavy atom. The third kappa shape index (κ3) is 2.75. The average Bonchev–Trinajstić information content (AvgIpc) is 2.95. The molecule has 0 atom stereocenters. The van der Waals surface area contributed by atoms with Gasteiger partial charge in [-0.15, -0.1) is 16.4 Å². The Kier molecular flexibility index (Phi) is 3.84. The molecule has 9 heteroatoms. The molecular weight excluding hydrogens is 278 g/mol. The Balaban J connectivity index is 2.32. The number of halogens is 2. The van der Waals surface area contributed by atoms with Gasteiger partial charge in [-0.2, -0.15) is 0 Å². The van der Waals surface area contributed by atoms with Gasteiger partial charge >= 0.3 is 5.97 Å². The van der Waals surface area contributed by atoms with E-state index in [1.807, 2.05) is 6.92 Å². The van der Waals surface area contributed by atoms with E-state index in [9.17, 15) is 13.6 Å². The number of carboxylic acids is 1. The Hall–Kier alpha value is -1.90. The molecule has 0 aliphatic rings. The number of alkyl halides is 2. The lowest BCUT2D eigenvalue weighted by atomic mass is 10.3. The Bertz CT molecular complexity index is 596. The van der Waals surface area contributed by atoms with Crippen molar-refractivity contribution in [2.75, 3.05) is 0 Å². The first-order valence-corrected chi connectivity index (χ1v) is 6.29. The summed E-state index contributed by atoms with van der Waals surface area (Å²) < 4.78 is 26.6. The van der Waals surface area contributed by atoms with Gasteiger partial charge in [0.2, 0.25) is 0 Å². The molecule has 0 spiro atoms. The lowest BCUT2D eigenvalue weighted by Gasteiger charge is -2.03. The van der Waals surface area contributed by atoms with Crippen LogP contribution in [0.25, 0.3) is 0 Å². The standard InChI is InChI=1S/C10H10F2N4O2S/c1-2-6-13-5(4-19-6)3-16-8(9(11)12)7(10(17)18)14-15-16/h4,9H,2-3H2,1H3,(H,17,18). The topological polar surface area (TPSA) is 80.9 Å². The van der Waals surface area contributed by atoms with Crippen LogP contribution < -0.4 is 0 Å². The molecule has 2 rings (SSSR count). The molecule has 0 fully saturated rings. The molecule has 6 nitrogen and oxygen atoms in total. The second kappa shape index (κ2) is 5.39. The van der Waals surface area contributed by atoms with Gasteiger partial charge in [0.1, 0.15) is 5.69 Å². The number of nitrogens with zero attached hydrogens (tertiary/aromatic N) is 4. The fraction of sp³-hybridized carbons (Fsp3) is 0.400. The summed E-state index contributed by atoms with van der Waals surface area (Å²) in [6.07, 6.45) is -2.20. The van der Waals surface area contributed by atoms with Gasteiger partial charge in [-0.05, 0) is 6.42 Å². The van der Waals surface area contributed by atoms with Crippen molar-refractivity contribution in [2.24, 2.45) is 0 Å². The molecule has 19 heavy (non-hydrogen) atoms. The number of rotatable bonds is 5. The van der Waals surface area contributed by atoms with Crippen molar-refractivity contribution in [1.82, 2.24) is 20.0 Å². The predicted octanol–water partition coefficient (Wildman–Crippen LogP) is 1.98. The minimum absolute atomic E-state index is 0.0174. The molecule has 0 bridgehead atoms. The minimum atomic E-state index is -2.95. The zero-order valence-corrected chi connectivity index (χ0v) is 10.7. The van der Waals surface area contributed by atoms with E-state index in [2.05, 4.69) is 15.3 Å². The summed E-state index contributed by atoms with van der Waals surface area (Å²) in [5.74, 6) is -1.52. The molecule has 2 aromatic heterocycles. The normalized spacial score (nSPS) is 11.2. The molecule has 0 saturated heterocycles. The molecule has 102 valence electrons. The first-order chi connectivity index (χ1) is 9.02. The number of aromatic carboxylic acids is 1. The van der Waals surface area contributed by atoms with Gasteiger partial charge in [0.25, 0.3) is 6.43 Å². The van der Waals surface area contributed by atoms with Gasteiger partial charge in [0.05, 0.1) is 17.2 Å². The summed E-state index contributed by atoms with van der Waals surface area (Å²) in [5.41, 5.74) is -0.856. The highest BCUT2D eigenvalue weighted by Crippen LogP contribution is 2.22. The molecule has 0 radical (unpaired) electrons. The number of hydrogen-bond acceptors (Lipinski definition) is 5. The molecule has 1 N–H and O–H groups in total. The minimum Gasteiger partial charge on any atom is -0.476 e. The summed E-state index contributed by atoms with van der Waals surface area (Å²) in [7, 11) is 0. The molecule has 2 heterocycles. The zero-order valence-electron chi connectivity index (χ0n) is 9.88. The highest BCUT2D eigenvalue weighted by Gasteiger charge is 2.26. The van der Waals surface area contributed by atoms with Crippen molar-refractivity contribution >= 4 is 17.3 Å². The lowest BCUT2D eigenvalue weighted by Crippen LogP contribution is -2.10. The fourth-order valence-electron chi connectivity index (χ4n) is 1.54. The van der Waals surface area contributed by atoms with Crippen LogP contribution in [-0.4, -0.2) is 31.1 Å². The van der Waals surface area contributed by atoms with Crippen LogP contribution in [0.15, 0.2) is 5.38 Å². The Labute approximate surface area is 110 Å². The van der Waals surface area contributed by atoms with E-state index in [0.29, 0.717) is 5.69 Å². The van der Waals surface area contributed by atoms with Crippen LogP contribution in [0, 0.1) is 0 Å². The summed E-state index contributed by atoms with van der Waals surface area (Å²) in [5, 5.41) is 18.1. The largest absolute Gasteiger partial charge is 0.476 e. The fourth-order valence-corrected chi connectivity index (χ4v) is 2.28. The number of carbonyl (C=O) groups is 1. The molecule has 0 unspecified atom stereocenters. The quantitative estimate of drug-likeness (QED) is 0.909. The van der Waals surface area contributed by atoms with Crippen LogP contribution >= 0.6 is 11.3 Å². The van der Waals surface area contributed by atoms with Crippen molar-refractivity contribution in [1.29, 1.82) is 0 Å². The third-order valence-electron chi connectivity index (χ3n) is 2.40. The Morgan fingerprint density at radius 3 is 2.84 bits per heavy atom. The van der Waals surface area contributed by atoms with Gasteiger partial charge < -0.3 is 5.11 Å². The molecule has 0 aromatic carbocycles. The first-order valence-electron chi connectivity index (χ1n) is 5.41. The molecular formula is C10H10F2N4O2S. The van der Waals surface area contributed by atoms with Gasteiger partial charge in [-0.3, -0.25) is 0 Å². The van der Waals surface area contributed by atoms with Crippen LogP contribution in [0.4, 0.5) is 8.78 Å². The maximum Gasteiger partial charge on any atom is 0.358 e. The van der Waals surface area contributed by atoms with E-state index in [-0.39, 0.29) is 6.54 Å². The van der Waals surface area contributed by atoms with Crippen molar-refractivity contribution < 1.29 is 18.7 Å². The lowest BCUT2D eigenvalue weighted by molar-refractivity contribution is 0.0675. The zero-order chi connectivity index (χ0) is 14.0. The van der Waals surface area contributed by atoms with Crippen LogP contribution in [0.1, 0.15) is 40.2 Å². The number of carboxylic acid groups (broad SMARTS) is 1. The van der Waals surface area contributed by atoms with Crippen molar-refractivity contribution in [3.63, 3.8) is 0 Å². The highest BCUT2D eigenvalue weighted by atomic mass is 32.1. The van der Waals surface area contributed by atoms with Gasteiger partial charge in [0, 0.05) is 5.38 Å². The molecule has 0 saturated carbocycles. The number of thiazole rings is 1. The molecule has 0 amide bonds. The van der Waals surface area contributed by atoms with E-state index < -0.39 is 23.8 Å². The highest BCUT2D eigenvalue weighted by molar-refractivity contribution is 7.09. The van der Waals surface area contributed by atoms with Gasteiger partial charge in [0.15, 0.2) is 5.69 Å². The number of hydrogen-bond donors (Lipinski definition) is 1. The van der Waals surface area contributed by atoms with Crippen LogP contribution in [0.2, 0.25) is 0 Å². The predicted molar refractivity (Wildman–Crippen MR) is 62.5 cm³/mol. The monoisotopic (exact) mass is 288 g/mol. The first kappa shape index (κ1) is 13.5. The van der Waals surface area contributed by atoms with E-state index in [4.69, 9.17) is 5.11 Å². The maximum atomic E-state index is 12.9. The molecule has 2 aromatic rings. The maximum absolute atomic E-state index is 12.9. The smallest absolute Gasteiger partial charge is 0.358 e. The molecule has 0 aliphatic heterocycles. The van der Waals surface area contributed by atoms with Crippen molar-refractivity contribution in [3.8, 4) is 0 Å². The second-order valence-electron chi connectivity index (χ2n) is 3.67. The summed E-state index contributed by atoms with van der Waals surface area (Å²) in [4.78, 5) is 15.0. The van der Waals surface area contributed by atoms with Gasteiger partial charge in [-0.1, -0.05) is 12.1 Å². The van der Waals surface area contributed by atoms with Crippen LogP contribution in [-0.2, 0) is 13.0 Å². The summed E-state index contributed by atoms with van der Waals surface area (Å²) >= 11 is 1.42. The van der Waals surface area contributed by atoms with E-state index >= 15 is 0 Å². The van der Waals surface area contributed by atoms with E-state index in [0.717, 1.165) is 16.1 Å². The summed E-state index contributed by atoms with van der Waals surface area (Å²) in [6, 6.07) is 0. The number of aromatic nitrogens is 4. The van der Waals surface area contributed by atoms with E-state index in [1.54, 1.807) is 5.38 Å². The average molecular weight is 288 g/mol. The Morgan fingerprint density at radius 1 is 1.58 bits per heavy atom. The second-order valence-corrected chi connectivity index (χ2v) is 4.62. The summed E-state index contributed by atoms with van der Waals surface area (Å²) in [6.45, 7) is 1.92.